The van der Waals surface area contributed by atoms with Crippen molar-refractivity contribution in [3.8, 4) is 5.69 Å². The minimum absolute atomic E-state index is 0.428. The van der Waals surface area contributed by atoms with Crippen LogP contribution >= 0.6 is 0 Å². The van der Waals surface area contributed by atoms with Gasteiger partial charge in [-0.2, -0.15) is 0 Å². The molecular formula is C18H18N6O. The fourth-order valence-electron chi connectivity index (χ4n) is 2.91. The molecule has 0 saturated carbocycles. The molecule has 0 unspecified atom stereocenters. The number of para-hydroxylation sites is 1. The van der Waals surface area contributed by atoms with Gasteiger partial charge in [-0.15, -0.1) is 0 Å². The summed E-state index contributed by atoms with van der Waals surface area (Å²) in [5, 5.41) is 3.56. The van der Waals surface area contributed by atoms with Crippen LogP contribution in [-0.4, -0.2) is 22.0 Å². The molecule has 2 N–H and O–H groups in total. The Hall–Kier alpha value is -3.31. The molecule has 0 radical (unpaired) electrons. The number of hydrogen-bond acceptors (Lipinski definition) is 3. The number of primary amides is 1. The monoisotopic (exact) mass is 334 g/mol. The van der Waals surface area contributed by atoms with Gasteiger partial charge in [0, 0.05) is 23.6 Å². The zero-order chi connectivity index (χ0) is 17.8. The summed E-state index contributed by atoms with van der Waals surface area (Å²) in [6.07, 6.45) is 1.42. The SMILES string of the molecule is CCc1nc2c(C(N)=O)cccc2n1-c1ccc(CCN=[N+]=[N-])cc1. The maximum absolute atomic E-state index is 11.7. The minimum atomic E-state index is -0.480. The molecule has 2 aromatic carbocycles. The van der Waals surface area contributed by atoms with Crippen molar-refractivity contribution in [3.05, 3.63) is 69.9 Å². The number of fused-ring (bicyclic) bond motifs is 1. The number of azide groups is 1. The first kappa shape index (κ1) is 16.5. The number of aryl methyl sites for hydroxylation is 1. The molecule has 25 heavy (non-hydrogen) atoms. The molecule has 0 aliphatic heterocycles. The van der Waals surface area contributed by atoms with E-state index in [9.17, 15) is 4.79 Å². The summed E-state index contributed by atoms with van der Waals surface area (Å²) in [5.41, 5.74) is 17.8. The Morgan fingerprint density at radius 3 is 2.68 bits per heavy atom. The van der Waals surface area contributed by atoms with Gasteiger partial charge in [0.1, 0.15) is 11.3 Å². The second-order valence-corrected chi connectivity index (χ2v) is 5.63. The third-order valence-corrected chi connectivity index (χ3v) is 4.09. The first-order valence-corrected chi connectivity index (χ1v) is 8.06. The zero-order valence-corrected chi connectivity index (χ0v) is 13.9. The predicted octanol–water partition coefficient (Wildman–Crippen LogP) is 3.54. The molecule has 0 aliphatic carbocycles. The number of nitrogens with two attached hydrogens (primary N) is 1. The highest BCUT2D eigenvalue weighted by molar-refractivity contribution is 6.04. The zero-order valence-electron chi connectivity index (χ0n) is 13.9. The number of hydrogen-bond donors (Lipinski definition) is 1. The second-order valence-electron chi connectivity index (χ2n) is 5.63. The van der Waals surface area contributed by atoms with Crippen molar-refractivity contribution in [2.45, 2.75) is 19.8 Å². The molecular weight excluding hydrogens is 316 g/mol. The highest BCUT2D eigenvalue weighted by Gasteiger charge is 2.16. The molecule has 126 valence electrons. The van der Waals surface area contributed by atoms with E-state index < -0.39 is 5.91 Å². The van der Waals surface area contributed by atoms with Crippen molar-refractivity contribution in [1.29, 1.82) is 0 Å². The van der Waals surface area contributed by atoms with Gasteiger partial charge < -0.3 is 5.73 Å². The molecule has 0 fully saturated rings. The van der Waals surface area contributed by atoms with E-state index in [0.717, 1.165) is 29.0 Å². The Bertz CT molecular complexity index is 967. The molecule has 1 heterocycles. The Morgan fingerprint density at radius 2 is 2.04 bits per heavy atom. The van der Waals surface area contributed by atoms with E-state index in [-0.39, 0.29) is 0 Å². The lowest BCUT2D eigenvalue weighted by molar-refractivity contribution is 0.100. The van der Waals surface area contributed by atoms with E-state index >= 15 is 0 Å². The number of carbonyl (C=O) groups is 1. The molecule has 3 aromatic rings. The lowest BCUT2D eigenvalue weighted by Crippen LogP contribution is -2.11. The van der Waals surface area contributed by atoms with Crippen LogP contribution in [0.5, 0.6) is 0 Å². The Balaban J connectivity index is 2.07. The summed E-state index contributed by atoms with van der Waals surface area (Å²) in [6.45, 7) is 2.46. The highest BCUT2D eigenvalue weighted by atomic mass is 16.1. The first-order chi connectivity index (χ1) is 12.2. The van der Waals surface area contributed by atoms with E-state index in [1.807, 2.05) is 47.9 Å². The number of carbonyl (C=O) groups excluding carboxylic acids is 1. The molecule has 0 saturated heterocycles. The van der Waals surface area contributed by atoms with Crippen LogP contribution in [0.1, 0.15) is 28.7 Å². The van der Waals surface area contributed by atoms with E-state index in [1.54, 1.807) is 6.07 Å². The summed E-state index contributed by atoms with van der Waals surface area (Å²) in [7, 11) is 0. The van der Waals surface area contributed by atoms with Gasteiger partial charge in [-0.1, -0.05) is 30.2 Å². The van der Waals surface area contributed by atoms with E-state index in [1.165, 1.54) is 0 Å². The first-order valence-electron chi connectivity index (χ1n) is 8.06. The van der Waals surface area contributed by atoms with Gasteiger partial charge in [0.25, 0.3) is 5.91 Å². The second kappa shape index (κ2) is 7.07. The van der Waals surface area contributed by atoms with Crippen molar-refractivity contribution in [3.63, 3.8) is 0 Å². The summed E-state index contributed by atoms with van der Waals surface area (Å²) in [4.78, 5) is 19.1. The Kier molecular flexibility index (Phi) is 4.68. The van der Waals surface area contributed by atoms with Gasteiger partial charge in [0.05, 0.1) is 11.1 Å². The smallest absolute Gasteiger partial charge is 0.250 e. The minimum Gasteiger partial charge on any atom is -0.366 e. The fourth-order valence-corrected chi connectivity index (χ4v) is 2.91. The highest BCUT2D eigenvalue weighted by Crippen LogP contribution is 2.25. The van der Waals surface area contributed by atoms with Crippen LogP contribution in [0.2, 0.25) is 0 Å². The molecule has 0 aliphatic rings. The quantitative estimate of drug-likeness (QED) is 0.422. The molecule has 3 rings (SSSR count). The van der Waals surface area contributed by atoms with Crippen LogP contribution in [-0.2, 0) is 12.8 Å². The topological polar surface area (TPSA) is 110 Å². The molecule has 7 nitrogen and oxygen atoms in total. The van der Waals surface area contributed by atoms with Gasteiger partial charge in [0.15, 0.2) is 0 Å². The van der Waals surface area contributed by atoms with Crippen molar-refractivity contribution in [2.24, 2.45) is 10.8 Å². The van der Waals surface area contributed by atoms with Gasteiger partial charge >= 0.3 is 0 Å². The number of imidazole rings is 1. The van der Waals surface area contributed by atoms with Crippen molar-refractivity contribution >= 4 is 16.9 Å². The summed E-state index contributed by atoms with van der Waals surface area (Å²) in [6, 6.07) is 13.5. The normalized spacial score (nSPS) is 10.6. The molecule has 0 spiro atoms. The maximum Gasteiger partial charge on any atom is 0.250 e. The Morgan fingerprint density at radius 1 is 1.28 bits per heavy atom. The van der Waals surface area contributed by atoms with Crippen LogP contribution < -0.4 is 5.73 Å². The van der Waals surface area contributed by atoms with Crippen LogP contribution in [0, 0.1) is 0 Å². The van der Waals surface area contributed by atoms with E-state index in [4.69, 9.17) is 11.3 Å². The van der Waals surface area contributed by atoms with Crippen molar-refractivity contribution < 1.29 is 4.79 Å². The van der Waals surface area contributed by atoms with Crippen molar-refractivity contribution in [2.75, 3.05) is 6.54 Å². The molecule has 7 heteroatoms. The number of nitrogens with zero attached hydrogens (tertiary/aromatic N) is 5. The molecule has 0 bridgehead atoms. The van der Waals surface area contributed by atoms with Crippen LogP contribution in [0.25, 0.3) is 27.2 Å². The van der Waals surface area contributed by atoms with Crippen LogP contribution in [0.4, 0.5) is 0 Å². The fraction of sp³-hybridized carbons (Fsp3) is 0.222. The molecule has 1 aromatic heterocycles. The van der Waals surface area contributed by atoms with E-state index in [2.05, 4.69) is 15.0 Å². The van der Waals surface area contributed by atoms with Gasteiger partial charge in [-0.3, -0.25) is 9.36 Å². The summed E-state index contributed by atoms with van der Waals surface area (Å²) >= 11 is 0. The number of aromatic nitrogens is 2. The average molecular weight is 334 g/mol. The third kappa shape index (κ3) is 3.18. The summed E-state index contributed by atoms with van der Waals surface area (Å²) in [5.74, 6) is 0.386. The summed E-state index contributed by atoms with van der Waals surface area (Å²) < 4.78 is 2.04. The van der Waals surface area contributed by atoms with E-state index in [0.29, 0.717) is 24.0 Å². The van der Waals surface area contributed by atoms with Crippen LogP contribution in [0.15, 0.2) is 47.6 Å². The predicted molar refractivity (Wildman–Crippen MR) is 96.7 cm³/mol. The lowest BCUT2D eigenvalue weighted by atomic mass is 10.1. The average Bonchev–Trinajstić information content (AvgIpc) is 3.01. The van der Waals surface area contributed by atoms with Gasteiger partial charge in [-0.05, 0) is 41.8 Å². The molecule has 0 atom stereocenters. The van der Waals surface area contributed by atoms with Gasteiger partial charge in [-0.25, -0.2) is 4.98 Å². The molecule has 1 amide bonds. The van der Waals surface area contributed by atoms with Gasteiger partial charge in [0.2, 0.25) is 0 Å². The number of benzene rings is 2. The maximum atomic E-state index is 11.7. The van der Waals surface area contributed by atoms with Crippen molar-refractivity contribution in [1.82, 2.24) is 9.55 Å². The third-order valence-electron chi connectivity index (χ3n) is 4.09. The largest absolute Gasteiger partial charge is 0.366 e. The lowest BCUT2D eigenvalue weighted by Gasteiger charge is -2.09. The Labute approximate surface area is 144 Å². The number of amides is 1. The number of rotatable bonds is 6. The standard InChI is InChI=1S/C18H18N6O/c1-2-16-22-17-14(18(19)25)4-3-5-15(17)24(16)13-8-6-12(7-9-13)10-11-21-23-20/h3-9H,2,10-11H2,1H3,(H2,19,25). The van der Waals surface area contributed by atoms with Crippen LogP contribution in [0.3, 0.4) is 0 Å².